The number of anilines is 1. The predicted octanol–water partition coefficient (Wildman–Crippen LogP) is 1.45. The molecule has 2 aromatic heterocycles. The lowest BCUT2D eigenvalue weighted by Gasteiger charge is -2.13. The third kappa shape index (κ3) is 2.49. The maximum Gasteiger partial charge on any atom is 0.255 e. The van der Waals surface area contributed by atoms with Gasteiger partial charge < -0.3 is 15.2 Å². The van der Waals surface area contributed by atoms with Gasteiger partial charge in [-0.15, -0.1) is 0 Å². The van der Waals surface area contributed by atoms with Gasteiger partial charge >= 0.3 is 0 Å². The molecule has 18 heavy (non-hydrogen) atoms. The zero-order valence-corrected chi connectivity index (χ0v) is 9.88. The van der Waals surface area contributed by atoms with E-state index in [-0.39, 0.29) is 11.9 Å². The predicted molar refractivity (Wildman–Crippen MR) is 66.6 cm³/mol. The van der Waals surface area contributed by atoms with E-state index in [1.54, 1.807) is 30.7 Å². The molecule has 1 amide bonds. The summed E-state index contributed by atoms with van der Waals surface area (Å²) in [5.74, 6) is 5.76. The zero-order chi connectivity index (χ0) is 13.0. The molecule has 2 aromatic rings. The number of aromatic nitrogens is 1. The van der Waals surface area contributed by atoms with E-state index in [9.17, 15) is 4.79 Å². The molecule has 2 heterocycles. The van der Waals surface area contributed by atoms with Crippen LogP contribution in [0.4, 0.5) is 5.69 Å². The smallest absolute Gasteiger partial charge is 0.255 e. The van der Waals surface area contributed by atoms with Crippen molar-refractivity contribution in [3.63, 3.8) is 0 Å². The topological polar surface area (TPSA) is 93.2 Å². The van der Waals surface area contributed by atoms with Crippen LogP contribution in [-0.4, -0.2) is 10.9 Å². The minimum atomic E-state index is -0.264. The number of carbonyl (C=O) groups is 1. The number of nitrogens with one attached hydrogen (secondary N) is 2. The van der Waals surface area contributed by atoms with Crippen molar-refractivity contribution >= 4 is 11.6 Å². The summed E-state index contributed by atoms with van der Waals surface area (Å²) in [6.45, 7) is 1.84. The van der Waals surface area contributed by atoms with Crippen LogP contribution in [0.15, 0.2) is 41.3 Å². The number of furan rings is 1. The average molecular weight is 246 g/mol. The number of nitrogen functional groups attached to an aromatic ring is 1. The van der Waals surface area contributed by atoms with Crippen molar-refractivity contribution < 1.29 is 9.21 Å². The van der Waals surface area contributed by atoms with Crippen LogP contribution in [0, 0.1) is 0 Å². The first kappa shape index (κ1) is 12.1. The molecule has 0 bridgehead atoms. The first-order valence-electron chi connectivity index (χ1n) is 5.47. The monoisotopic (exact) mass is 246 g/mol. The van der Waals surface area contributed by atoms with Crippen LogP contribution in [0.25, 0.3) is 0 Å². The number of amides is 1. The van der Waals surface area contributed by atoms with Gasteiger partial charge in [0, 0.05) is 12.4 Å². The van der Waals surface area contributed by atoms with Crippen LogP contribution in [-0.2, 0) is 0 Å². The molecule has 0 radical (unpaired) electrons. The number of rotatable bonds is 4. The lowest BCUT2D eigenvalue weighted by Crippen LogP contribution is -2.27. The van der Waals surface area contributed by atoms with Gasteiger partial charge in [0.2, 0.25) is 0 Å². The van der Waals surface area contributed by atoms with Gasteiger partial charge in [-0.25, -0.2) is 0 Å². The van der Waals surface area contributed by atoms with Crippen molar-refractivity contribution in [3.8, 4) is 0 Å². The van der Waals surface area contributed by atoms with Crippen molar-refractivity contribution in [2.75, 3.05) is 5.43 Å². The minimum Gasteiger partial charge on any atom is -0.467 e. The summed E-state index contributed by atoms with van der Waals surface area (Å²) in [6.07, 6.45) is 4.58. The Morgan fingerprint density at radius 1 is 1.50 bits per heavy atom. The van der Waals surface area contributed by atoms with E-state index < -0.39 is 0 Å². The van der Waals surface area contributed by atoms with E-state index in [1.165, 1.54) is 6.20 Å². The molecule has 0 aliphatic rings. The Labute approximate surface area is 104 Å². The maximum atomic E-state index is 12.0. The molecular formula is C12H14N4O2. The molecule has 4 N–H and O–H groups in total. The number of hydrazine groups is 1. The van der Waals surface area contributed by atoms with E-state index in [0.717, 1.165) is 0 Å². The lowest BCUT2D eigenvalue weighted by molar-refractivity contribution is 0.0936. The molecule has 1 atom stereocenters. The van der Waals surface area contributed by atoms with Gasteiger partial charge in [-0.1, -0.05) is 0 Å². The Morgan fingerprint density at radius 2 is 2.33 bits per heavy atom. The van der Waals surface area contributed by atoms with Gasteiger partial charge in [0.15, 0.2) is 0 Å². The summed E-state index contributed by atoms with van der Waals surface area (Å²) in [6, 6.07) is 4.98. The molecule has 0 aromatic carbocycles. The highest BCUT2D eigenvalue weighted by Crippen LogP contribution is 2.16. The van der Waals surface area contributed by atoms with Crippen LogP contribution in [0.2, 0.25) is 0 Å². The molecule has 6 heteroatoms. The molecule has 0 saturated heterocycles. The van der Waals surface area contributed by atoms with Gasteiger partial charge in [-0.2, -0.15) is 0 Å². The first-order valence-corrected chi connectivity index (χ1v) is 5.47. The highest BCUT2D eigenvalue weighted by Gasteiger charge is 2.15. The standard InChI is InChI=1S/C12H14N4O2/c1-8(11-3-2-6-18-11)15-12(17)9-7-14-5-4-10(9)16-13/h2-8H,13H2,1H3,(H,14,16)(H,15,17). The number of hydrogen-bond acceptors (Lipinski definition) is 5. The fourth-order valence-electron chi connectivity index (χ4n) is 1.58. The van der Waals surface area contributed by atoms with Gasteiger partial charge in [0.05, 0.1) is 23.6 Å². The average Bonchev–Trinajstić information content (AvgIpc) is 2.92. The maximum absolute atomic E-state index is 12.0. The zero-order valence-electron chi connectivity index (χ0n) is 9.88. The van der Waals surface area contributed by atoms with Crippen LogP contribution >= 0.6 is 0 Å². The SMILES string of the molecule is CC(NC(=O)c1cnccc1NN)c1ccco1. The summed E-state index contributed by atoms with van der Waals surface area (Å²) in [5, 5.41) is 2.81. The fraction of sp³-hybridized carbons (Fsp3) is 0.167. The van der Waals surface area contributed by atoms with Crippen molar-refractivity contribution in [2.45, 2.75) is 13.0 Å². The number of hydrogen-bond donors (Lipinski definition) is 3. The molecule has 0 aliphatic heterocycles. The van der Waals surface area contributed by atoms with Crippen molar-refractivity contribution in [2.24, 2.45) is 5.84 Å². The van der Waals surface area contributed by atoms with E-state index in [4.69, 9.17) is 10.3 Å². The van der Waals surface area contributed by atoms with E-state index >= 15 is 0 Å². The van der Waals surface area contributed by atoms with Gasteiger partial charge in [0.1, 0.15) is 5.76 Å². The Balaban J connectivity index is 2.12. The second-order valence-electron chi connectivity index (χ2n) is 3.78. The van der Waals surface area contributed by atoms with Crippen LogP contribution in [0.3, 0.4) is 0 Å². The van der Waals surface area contributed by atoms with Gasteiger partial charge in [-0.3, -0.25) is 15.6 Å². The molecular weight excluding hydrogens is 232 g/mol. The van der Waals surface area contributed by atoms with Crippen molar-refractivity contribution in [3.05, 3.63) is 48.2 Å². The first-order chi connectivity index (χ1) is 8.72. The van der Waals surface area contributed by atoms with Gasteiger partial charge in [-0.05, 0) is 25.1 Å². The summed E-state index contributed by atoms with van der Waals surface area (Å²) in [5.41, 5.74) is 3.37. The number of carbonyl (C=O) groups excluding carboxylic acids is 1. The Kier molecular flexibility index (Phi) is 3.59. The highest BCUT2D eigenvalue weighted by atomic mass is 16.3. The van der Waals surface area contributed by atoms with Crippen LogP contribution in [0.5, 0.6) is 0 Å². The summed E-state index contributed by atoms with van der Waals surface area (Å²) < 4.78 is 5.22. The number of nitrogens with two attached hydrogens (primary N) is 1. The Bertz CT molecular complexity index is 525. The summed E-state index contributed by atoms with van der Waals surface area (Å²) >= 11 is 0. The minimum absolute atomic E-state index is 0.224. The van der Waals surface area contributed by atoms with E-state index in [0.29, 0.717) is 17.0 Å². The fourth-order valence-corrected chi connectivity index (χ4v) is 1.58. The molecule has 94 valence electrons. The summed E-state index contributed by atoms with van der Waals surface area (Å²) in [4.78, 5) is 15.9. The normalized spacial score (nSPS) is 11.9. The van der Waals surface area contributed by atoms with Crippen LogP contribution < -0.4 is 16.6 Å². The van der Waals surface area contributed by atoms with Crippen molar-refractivity contribution in [1.29, 1.82) is 0 Å². The number of pyridine rings is 1. The van der Waals surface area contributed by atoms with E-state index in [1.807, 2.05) is 6.92 Å². The van der Waals surface area contributed by atoms with Crippen LogP contribution in [0.1, 0.15) is 29.1 Å². The molecule has 0 fully saturated rings. The van der Waals surface area contributed by atoms with Gasteiger partial charge in [0.25, 0.3) is 5.91 Å². The largest absolute Gasteiger partial charge is 0.467 e. The molecule has 0 spiro atoms. The molecule has 0 saturated carbocycles. The third-order valence-electron chi connectivity index (χ3n) is 2.54. The summed E-state index contributed by atoms with van der Waals surface area (Å²) in [7, 11) is 0. The Hall–Kier alpha value is -2.34. The molecule has 2 rings (SSSR count). The second kappa shape index (κ2) is 5.33. The molecule has 6 nitrogen and oxygen atoms in total. The Morgan fingerprint density at radius 3 is 3.00 bits per heavy atom. The quantitative estimate of drug-likeness (QED) is 0.561. The molecule has 0 aliphatic carbocycles. The second-order valence-corrected chi connectivity index (χ2v) is 3.78. The highest BCUT2D eigenvalue weighted by molar-refractivity contribution is 5.99. The van der Waals surface area contributed by atoms with E-state index in [2.05, 4.69) is 15.7 Å². The molecule has 1 unspecified atom stereocenters. The third-order valence-corrected chi connectivity index (χ3v) is 2.54. The lowest BCUT2D eigenvalue weighted by atomic mass is 10.2. The van der Waals surface area contributed by atoms with Crippen molar-refractivity contribution in [1.82, 2.24) is 10.3 Å². The number of nitrogens with zero attached hydrogens (tertiary/aromatic N) is 1.